The van der Waals surface area contributed by atoms with Crippen molar-refractivity contribution in [3.8, 4) is 11.3 Å². The van der Waals surface area contributed by atoms with Gasteiger partial charge in [0.25, 0.3) is 11.1 Å². The zero-order chi connectivity index (χ0) is 22.7. The number of carbonyl (C=O) groups is 4. The molecule has 1 aliphatic rings. The van der Waals surface area contributed by atoms with Crippen molar-refractivity contribution in [2.75, 3.05) is 6.54 Å². The van der Waals surface area contributed by atoms with Crippen LogP contribution >= 0.6 is 11.8 Å². The number of imide groups is 1. The van der Waals surface area contributed by atoms with Crippen molar-refractivity contribution in [1.82, 2.24) is 4.90 Å². The molecule has 31 heavy (non-hydrogen) atoms. The first kappa shape index (κ1) is 22.4. The first-order valence-corrected chi connectivity index (χ1v) is 10.4. The second-order valence-corrected chi connectivity index (χ2v) is 8.01. The molecule has 0 radical (unpaired) electrons. The van der Waals surface area contributed by atoms with Gasteiger partial charge in [-0.3, -0.25) is 19.3 Å². The van der Waals surface area contributed by atoms with Gasteiger partial charge in [0.15, 0.2) is 0 Å². The zero-order valence-corrected chi connectivity index (χ0v) is 18.0. The number of benzene rings is 1. The van der Waals surface area contributed by atoms with Crippen molar-refractivity contribution in [1.29, 1.82) is 0 Å². The SMILES string of the molecule is CC[C@H](C)OC(=O)CN1C(=O)S/C(=C\c2ccc(-c3cc(C(=O)O)ccc3C)o2)C1=O. The number of hydrogen-bond donors (Lipinski definition) is 1. The predicted octanol–water partition coefficient (Wildman–Crippen LogP) is 4.33. The molecule has 1 saturated heterocycles. The highest BCUT2D eigenvalue weighted by molar-refractivity contribution is 8.18. The summed E-state index contributed by atoms with van der Waals surface area (Å²) < 4.78 is 10.9. The summed E-state index contributed by atoms with van der Waals surface area (Å²) >= 11 is 0.711. The van der Waals surface area contributed by atoms with Gasteiger partial charge in [-0.1, -0.05) is 13.0 Å². The Hall–Kier alpha value is -3.33. The molecule has 1 aromatic heterocycles. The fourth-order valence-corrected chi connectivity index (χ4v) is 3.65. The van der Waals surface area contributed by atoms with E-state index in [1.807, 2.05) is 13.8 Å². The lowest BCUT2D eigenvalue weighted by Crippen LogP contribution is -2.35. The van der Waals surface area contributed by atoms with Crippen LogP contribution in [0.4, 0.5) is 4.79 Å². The topological polar surface area (TPSA) is 114 Å². The molecule has 8 nitrogen and oxygen atoms in total. The van der Waals surface area contributed by atoms with Crippen LogP contribution in [-0.2, 0) is 14.3 Å². The Morgan fingerprint density at radius 1 is 1.26 bits per heavy atom. The standard InChI is InChI=1S/C22H21NO7S/c1-4-13(3)29-19(24)11-23-20(25)18(31-22(23)28)10-15-7-8-17(30-15)16-9-14(21(26)27)6-5-12(16)2/h5-10,13H,4,11H2,1-3H3,(H,26,27)/b18-10-/t13-/m0/s1. The van der Waals surface area contributed by atoms with Gasteiger partial charge in [-0.05, 0) is 61.9 Å². The number of esters is 1. The normalized spacial score (nSPS) is 16.1. The molecule has 1 atom stereocenters. The first-order chi connectivity index (χ1) is 14.7. The maximum Gasteiger partial charge on any atom is 0.335 e. The summed E-state index contributed by atoms with van der Waals surface area (Å²) in [5, 5.41) is 8.63. The van der Waals surface area contributed by atoms with Crippen molar-refractivity contribution in [2.24, 2.45) is 0 Å². The van der Waals surface area contributed by atoms with Crippen molar-refractivity contribution in [3.05, 3.63) is 52.1 Å². The van der Waals surface area contributed by atoms with Crippen LogP contribution in [0.3, 0.4) is 0 Å². The van der Waals surface area contributed by atoms with Crippen LogP contribution in [0.2, 0.25) is 0 Å². The molecule has 9 heteroatoms. The zero-order valence-electron chi connectivity index (χ0n) is 17.2. The van der Waals surface area contributed by atoms with E-state index in [2.05, 4.69) is 0 Å². The number of carboxylic acids is 1. The summed E-state index contributed by atoms with van der Waals surface area (Å²) in [4.78, 5) is 48.9. The van der Waals surface area contributed by atoms with Gasteiger partial charge in [-0.2, -0.15) is 0 Å². The molecule has 1 aliphatic heterocycles. The van der Waals surface area contributed by atoms with Gasteiger partial charge in [-0.15, -0.1) is 0 Å². The first-order valence-electron chi connectivity index (χ1n) is 9.58. The summed E-state index contributed by atoms with van der Waals surface area (Å²) in [6.45, 7) is 4.97. The van der Waals surface area contributed by atoms with E-state index in [9.17, 15) is 24.3 Å². The molecule has 0 bridgehead atoms. The van der Waals surface area contributed by atoms with E-state index >= 15 is 0 Å². The molecular weight excluding hydrogens is 422 g/mol. The van der Waals surface area contributed by atoms with E-state index in [4.69, 9.17) is 9.15 Å². The number of carbonyl (C=O) groups excluding carboxylic acids is 3. The van der Waals surface area contributed by atoms with Crippen molar-refractivity contribution < 1.29 is 33.4 Å². The smallest absolute Gasteiger partial charge is 0.335 e. The molecule has 0 aliphatic carbocycles. The molecule has 0 spiro atoms. The van der Waals surface area contributed by atoms with Gasteiger partial charge >= 0.3 is 11.9 Å². The Labute approximate surface area is 182 Å². The summed E-state index contributed by atoms with van der Waals surface area (Å²) in [5.74, 6) is -1.54. The number of hydrogen-bond acceptors (Lipinski definition) is 7. The van der Waals surface area contributed by atoms with E-state index in [0.717, 1.165) is 10.5 Å². The predicted molar refractivity (Wildman–Crippen MR) is 114 cm³/mol. The second kappa shape index (κ2) is 9.22. The molecule has 0 saturated carbocycles. The largest absolute Gasteiger partial charge is 0.478 e. The summed E-state index contributed by atoms with van der Waals surface area (Å²) in [6, 6.07) is 7.98. The Bertz CT molecular complexity index is 1090. The fourth-order valence-electron chi connectivity index (χ4n) is 2.84. The van der Waals surface area contributed by atoms with Crippen LogP contribution in [0.15, 0.2) is 39.7 Å². The number of amides is 2. The number of nitrogens with zero attached hydrogens (tertiary/aromatic N) is 1. The van der Waals surface area contributed by atoms with Crippen LogP contribution in [0.25, 0.3) is 17.4 Å². The van der Waals surface area contributed by atoms with E-state index in [0.29, 0.717) is 35.3 Å². The molecule has 3 rings (SSSR count). The van der Waals surface area contributed by atoms with Gasteiger partial charge < -0.3 is 14.3 Å². The van der Waals surface area contributed by atoms with Crippen molar-refractivity contribution >= 4 is 40.9 Å². The molecule has 0 unspecified atom stereocenters. The van der Waals surface area contributed by atoms with E-state index in [1.165, 1.54) is 18.2 Å². The molecule has 1 aromatic carbocycles. The van der Waals surface area contributed by atoms with Crippen molar-refractivity contribution in [2.45, 2.75) is 33.3 Å². The summed E-state index contributed by atoms with van der Waals surface area (Å²) in [7, 11) is 0. The minimum absolute atomic E-state index is 0.123. The highest BCUT2D eigenvalue weighted by atomic mass is 32.2. The monoisotopic (exact) mass is 443 g/mol. The molecule has 1 fully saturated rings. The molecule has 2 aromatic rings. The van der Waals surface area contributed by atoms with Gasteiger partial charge in [-0.25, -0.2) is 4.79 Å². The van der Waals surface area contributed by atoms with E-state index in [-0.39, 0.29) is 16.6 Å². The lowest BCUT2D eigenvalue weighted by atomic mass is 10.0. The lowest BCUT2D eigenvalue weighted by Gasteiger charge is -2.14. The fraction of sp³-hybridized carbons (Fsp3) is 0.273. The van der Waals surface area contributed by atoms with E-state index < -0.39 is 29.6 Å². The van der Waals surface area contributed by atoms with Crippen molar-refractivity contribution in [3.63, 3.8) is 0 Å². The number of furan rings is 1. The maximum atomic E-state index is 12.6. The maximum absolute atomic E-state index is 12.6. The Balaban J connectivity index is 1.78. The minimum atomic E-state index is -1.05. The lowest BCUT2D eigenvalue weighted by molar-refractivity contribution is -0.150. The Morgan fingerprint density at radius 2 is 2.00 bits per heavy atom. The van der Waals surface area contributed by atoms with Crippen LogP contribution in [0, 0.1) is 6.92 Å². The quantitative estimate of drug-likeness (QED) is 0.497. The highest BCUT2D eigenvalue weighted by Crippen LogP contribution is 2.34. The van der Waals surface area contributed by atoms with E-state index in [1.54, 1.807) is 25.1 Å². The summed E-state index contributed by atoms with van der Waals surface area (Å²) in [6.07, 6.45) is 1.75. The number of rotatable bonds is 7. The van der Waals surface area contributed by atoms with Crippen LogP contribution in [0.5, 0.6) is 0 Å². The van der Waals surface area contributed by atoms with Gasteiger partial charge in [0.1, 0.15) is 18.1 Å². The Kier molecular flexibility index (Phi) is 6.65. The number of carboxylic acid groups (broad SMARTS) is 1. The minimum Gasteiger partial charge on any atom is -0.478 e. The second-order valence-electron chi connectivity index (χ2n) is 7.01. The molecule has 1 N–H and O–H groups in total. The third-order valence-corrected chi connectivity index (χ3v) is 5.63. The van der Waals surface area contributed by atoms with Crippen LogP contribution < -0.4 is 0 Å². The van der Waals surface area contributed by atoms with Crippen LogP contribution in [0.1, 0.15) is 41.9 Å². The number of ether oxygens (including phenoxy) is 1. The third kappa shape index (κ3) is 5.05. The summed E-state index contributed by atoms with van der Waals surface area (Å²) in [5.41, 5.74) is 1.57. The number of aromatic carboxylic acids is 1. The number of aryl methyl sites for hydroxylation is 1. The highest BCUT2D eigenvalue weighted by Gasteiger charge is 2.37. The average molecular weight is 443 g/mol. The van der Waals surface area contributed by atoms with Gasteiger partial charge in [0, 0.05) is 11.6 Å². The molecule has 2 amide bonds. The average Bonchev–Trinajstić information content (AvgIpc) is 3.28. The molecular formula is C22H21NO7S. The molecule has 2 heterocycles. The Morgan fingerprint density at radius 3 is 2.68 bits per heavy atom. The van der Waals surface area contributed by atoms with Gasteiger partial charge in [0.2, 0.25) is 0 Å². The molecule has 162 valence electrons. The third-order valence-electron chi connectivity index (χ3n) is 4.72. The number of thioether (sulfide) groups is 1. The van der Waals surface area contributed by atoms with Crippen LogP contribution in [-0.4, -0.2) is 45.7 Å². The van der Waals surface area contributed by atoms with Gasteiger partial charge in [0.05, 0.1) is 16.6 Å².